The Balaban J connectivity index is 1.45. The van der Waals surface area contributed by atoms with Crippen LogP contribution in [0.25, 0.3) is 0 Å². The molecule has 1 N–H and O–H groups in total. The van der Waals surface area contributed by atoms with Crippen molar-refractivity contribution < 1.29 is 9.53 Å². The summed E-state index contributed by atoms with van der Waals surface area (Å²) in [5.41, 5.74) is 2.13. The lowest BCUT2D eigenvalue weighted by molar-refractivity contribution is -0.139. The lowest BCUT2D eigenvalue weighted by Crippen LogP contribution is -2.48. The van der Waals surface area contributed by atoms with Gasteiger partial charge in [-0.2, -0.15) is 5.10 Å². The zero-order valence-corrected chi connectivity index (χ0v) is 14.5. The molecule has 0 radical (unpaired) electrons. The predicted octanol–water partition coefficient (Wildman–Crippen LogP) is 2.98. The van der Waals surface area contributed by atoms with Gasteiger partial charge in [0.2, 0.25) is 0 Å². The van der Waals surface area contributed by atoms with Gasteiger partial charge < -0.3 is 9.64 Å². The van der Waals surface area contributed by atoms with Crippen LogP contribution in [0.15, 0.2) is 35.2 Å². The van der Waals surface area contributed by atoms with Crippen LogP contribution >= 0.6 is 11.8 Å². The fourth-order valence-electron chi connectivity index (χ4n) is 3.41. The third-order valence-electron chi connectivity index (χ3n) is 4.66. The van der Waals surface area contributed by atoms with Crippen LogP contribution in [-0.4, -0.2) is 46.0 Å². The molecule has 1 saturated heterocycles. The normalized spacial score (nSPS) is 23.5. The van der Waals surface area contributed by atoms with Crippen molar-refractivity contribution in [3.8, 4) is 5.75 Å². The third-order valence-corrected chi connectivity index (χ3v) is 5.78. The number of hydrogen-bond donors (Lipinski definition) is 1. The number of hydrogen-bond acceptors (Lipinski definition) is 4. The number of aromatic nitrogens is 2. The Kier molecular flexibility index (Phi) is 4.22. The number of amides is 1. The summed E-state index contributed by atoms with van der Waals surface area (Å²) in [5, 5.41) is 7.38. The number of rotatable bonds is 2. The number of aromatic amines is 1. The number of likely N-dealkylation sites (tertiary alicyclic amines) is 1. The van der Waals surface area contributed by atoms with Crippen LogP contribution in [0.2, 0.25) is 0 Å². The summed E-state index contributed by atoms with van der Waals surface area (Å²) < 4.78 is 5.96. The molecule has 2 aromatic rings. The van der Waals surface area contributed by atoms with E-state index >= 15 is 0 Å². The maximum atomic E-state index is 12.9. The number of thioether (sulfide) groups is 1. The Morgan fingerprint density at radius 3 is 3.12 bits per heavy atom. The van der Waals surface area contributed by atoms with Gasteiger partial charge >= 0.3 is 0 Å². The van der Waals surface area contributed by atoms with Gasteiger partial charge in [-0.3, -0.25) is 9.89 Å². The summed E-state index contributed by atoms with van der Waals surface area (Å²) in [5.74, 6) is 1.92. The van der Waals surface area contributed by atoms with Gasteiger partial charge in [0, 0.05) is 35.3 Å². The van der Waals surface area contributed by atoms with Crippen LogP contribution in [0.5, 0.6) is 5.75 Å². The van der Waals surface area contributed by atoms with E-state index in [2.05, 4.69) is 16.3 Å². The molecule has 2 unspecified atom stereocenters. The van der Waals surface area contributed by atoms with Gasteiger partial charge in [-0.15, -0.1) is 11.8 Å². The molecule has 1 aromatic heterocycles. The molecule has 2 aliphatic heterocycles. The number of carbonyl (C=O) groups excluding carboxylic acids is 1. The molecule has 5 nitrogen and oxygen atoms in total. The van der Waals surface area contributed by atoms with Crippen LogP contribution in [0.3, 0.4) is 0 Å². The highest BCUT2D eigenvalue weighted by Gasteiger charge is 2.33. The van der Waals surface area contributed by atoms with E-state index in [4.69, 9.17) is 4.74 Å². The van der Waals surface area contributed by atoms with E-state index < -0.39 is 0 Å². The summed E-state index contributed by atoms with van der Waals surface area (Å²) in [7, 11) is 0. The second kappa shape index (κ2) is 6.51. The van der Waals surface area contributed by atoms with E-state index in [1.807, 2.05) is 36.1 Å². The van der Waals surface area contributed by atoms with Crippen molar-refractivity contribution in [2.45, 2.75) is 36.7 Å². The number of nitrogens with one attached hydrogen (secondary N) is 1. The SMILES string of the molecule is Cc1cc(C2CCCN(C(=O)C3CSc4ccccc4O3)C2)n[nH]1. The average Bonchev–Trinajstić information content (AvgIpc) is 3.07. The van der Waals surface area contributed by atoms with Gasteiger partial charge in [0.05, 0.1) is 5.69 Å². The summed E-state index contributed by atoms with van der Waals surface area (Å²) in [6.07, 6.45) is 1.71. The second-order valence-electron chi connectivity index (χ2n) is 6.46. The van der Waals surface area contributed by atoms with Crippen molar-refractivity contribution in [2.75, 3.05) is 18.8 Å². The molecule has 0 saturated carbocycles. The number of H-pyrrole nitrogens is 1. The van der Waals surface area contributed by atoms with Gasteiger partial charge in [-0.25, -0.2) is 0 Å². The van der Waals surface area contributed by atoms with Crippen molar-refractivity contribution in [1.82, 2.24) is 15.1 Å². The highest BCUT2D eigenvalue weighted by Crippen LogP contribution is 2.36. The van der Waals surface area contributed by atoms with Crippen LogP contribution in [-0.2, 0) is 4.79 Å². The number of fused-ring (bicyclic) bond motifs is 1. The molecule has 0 bridgehead atoms. The summed E-state index contributed by atoms with van der Waals surface area (Å²) >= 11 is 1.70. The van der Waals surface area contributed by atoms with Gasteiger partial charge in [-0.05, 0) is 38.0 Å². The number of para-hydroxylation sites is 1. The lowest BCUT2D eigenvalue weighted by Gasteiger charge is -2.35. The first-order valence-electron chi connectivity index (χ1n) is 8.40. The van der Waals surface area contributed by atoms with Gasteiger partial charge in [0.1, 0.15) is 5.75 Å². The standard InChI is InChI=1S/C18H21N3O2S/c1-12-9-14(20-19-12)13-5-4-8-21(10-13)18(22)16-11-24-17-7-3-2-6-15(17)23-16/h2-3,6-7,9,13,16H,4-5,8,10-11H2,1H3,(H,19,20). The van der Waals surface area contributed by atoms with Gasteiger partial charge in [-0.1, -0.05) is 12.1 Å². The van der Waals surface area contributed by atoms with Crippen molar-refractivity contribution >= 4 is 17.7 Å². The number of ether oxygens (including phenoxy) is 1. The van der Waals surface area contributed by atoms with Crippen molar-refractivity contribution in [3.63, 3.8) is 0 Å². The summed E-state index contributed by atoms with van der Waals surface area (Å²) in [4.78, 5) is 16.0. The molecule has 3 heterocycles. The van der Waals surface area contributed by atoms with E-state index in [0.717, 1.165) is 48.0 Å². The zero-order valence-electron chi connectivity index (χ0n) is 13.7. The highest BCUT2D eigenvalue weighted by atomic mass is 32.2. The molecule has 2 aliphatic rings. The fraction of sp³-hybridized carbons (Fsp3) is 0.444. The van der Waals surface area contributed by atoms with Crippen molar-refractivity contribution in [1.29, 1.82) is 0 Å². The molecule has 1 amide bonds. The van der Waals surface area contributed by atoms with E-state index in [-0.39, 0.29) is 12.0 Å². The Bertz CT molecular complexity index is 745. The average molecular weight is 343 g/mol. The summed E-state index contributed by atoms with van der Waals surface area (Å²) in [6.45, 7) is 3.55. The molecule has 0 aliphatic carbocycles. The van der Waals surface area contributed by atoms with E-state index in [1.54, 1.807) is 11.8 Å². The van der Waals surface area contributed by atoms with Crippen molar-refractivity contribution in [3.05, 3.63) is 41.7 Å². The second-order valence-corrected chi connectivity index (χ2v) is 7.53. The van der Waals surface area contributed by atoms with Crippen LogP contribution in [0.1, 0.15) is 30.1 Å². The first kappa shape index (κ1) is 15.6. The minimum Gasteiger partial charge on any atom is -0.479 e. The highest BCUT2D eigenvalue weighted by molar-refractivity contribution is 7.99. The first-order valence-corrected chi connectivity index (χ1v) is 9.38. The lowest BCUT2D eigenvalue weighted by atomic mass is 9.94. The molecule has 1 fully saturated rings. The molecular formula is C18H21N3O2S. The molecule has 2 atom stereocenters. The number of nitrogens with zero attached hydrogens (tertiary/aromatic N) is 2. The van der Waals surface area contributed by atoms with Crippen molar-refractivity contribution in [2.24, 2.45) is 0 Å². The number of benzene rings is 1. The van der Waals surface area contributed by atoms with Crippen LogP contribution < -0.4 is 4.74 Å². The molecule has 24 heavy (non-hydrogen) atoms. The first-order chi connectivity index (χ1) is 11.7. The zero-order chi connectivity index (χ0) is 16.5. The van der Waals surface area contributed by atoms with Crippen LogP contribution in [0.4, 0.5) is 0 Å². The topological polar surface area (TPSA) is 58.2 Å². The molecule has 0 spiro atoms. The van der Waals surface area contributed by atoms with E-state index in [1.165, 1.54) is 0 Å². The monoisotopic (exact) mass is 343 g/mol. The Labute approximate surface area is 145 Å². The molecule has 6 heteroatoms. The minimum atomic E-state index is -0.385. The van der Waals surface area contributed by atoms with Gasteiger partial charge in [0.15, 0.2) is 6.10 Å². The smallest absolute Gasteiger partial charge is 0.264 e. The number of aryl methyl sites for hydroxylation is 1. The minimum absolute atomic E-state index is 0.106. The molecule has 126 valence electrons. The largest absolute Gasteiger partial charge is 0.479 e. The number of piperidine rings is 1. The number of carbonyl (C=O) groups is 1. The van der Waals surface area contributed by atoms with Crippen LogP contribution in [0, 0.1) is 6.92 Å². The Hall–Kier alpha value is -1.95. The Morgan fingerprint density at radius 2 is 2.29 bits per heavy atom. The summed E-state index contributed by atoms with van der Waals surface area (Å²) in [6, 6.07) is 10.0. The maximum Gasteiger partial charge on any atom is 0.264 e. The predicted molar refractivity (Wildman–Crippen MR) is 93.5 cm³/mol. The third kappa shape index (κ3) is 3.02. The fourth-order valence-corrected chi connectivity index (χ4v) is 4.39. The quantitative estimate of drug-likeness (QED) is 0.911. The molecule has 1 aromatic carbocycles. The maximum absolute atomic E-state index is 12.9. The Morgan fingerprint density at radius 1 is 1.42 bits per heavy atom. The molecule has 4 rings (SSSR count). The van der Waals surface area contributed by atoms with E-state index in [9.17, 15) is 4.79 Å². The molecular weight excluding hydrogens is 322 g/mol. The van der Waals surface area contributed by atoms with Gasteiger partial charge in [0.25, 0.3) is 5.91 Å². The van der Waals surface area contributed by atoms with E-state index in [0.29, 0.717) is 11.7 Å².